The van der Waals surface area contributed by atoms with Crippen LogP contribution in [-0.2, 0) is 4.74 Å². The molecule has 1 amide bonds. The molecule has 0 aliphatic carbocycles. The smallest absolute Gasteiger partial charge is 0.415 e. The molecule has 1 aromatic carbocycles. The molecule has 4 aliphatic rings. The molecule has 0 N–H and O–H groups in total. The molecular formula is C18H20N2O3. The normalized spacial score (nSPS) is 32.9. The minimum absolute atomic E-state index is 0.210. The van der Waals surface area contributed by atoms with E-state index in [2.05, 4.69) is 4.90 Å². The lowest BCUT2D eigenvalue weighted by atomic mass is 9.75. The summed E-state index contributed by atoms with van der Waals surface area (Å²) in [5, 5.41) is 1.03. The van der Waals surface area contributed by atoms with Gasteiger partial charge in [-0.15, -0.1) is 0 Å². The zero-order valence-electron chi connectivity index (χ0n) is 13.2. The molecule has 4 fully saturated rings. The Hall–Kier alpha value is -2.01. The number of anilines is 1. The zero-order valence-corrected chi connectivity index (χ0v) is 13.2. The lowest BCUT2D eigenvalue weighted by Crippen LogP contribution is -2.61. The number of rotatable bonds is 1. The molecule has 4 saturated heterocycles. The Balaban J connectivity index is 1.49. The van der Waals surface area contributed by atoms with Gasteiger partial charge in [0, 0.05) is 23.5 Å². The zero-order chi connectivity index (χ0) is 15.6. The molecule has 120 valence electrons. The van der Waals surface area contributed by atoms with Gasteiger partial charge in [0.15, 0.2) is 0 Å². The average molecular weight is 312 g/mol. The third-order valence-electron chi connectivity index (χ3n) is 5.69. The SMILES string of the molecule is Cc1cc2cc(N3C[C@@]4(CN5CCC4CC5)OC3=O)ccc2o1. The van der Waals surface area contributed by atoms with Gasteiger partial charge in [0.25, 0.3) is 0 Å². The van der Waals surface area contributed by atoms with Gasteiger partial charge in [-0.25, -0.2) is 4.79 Å². The molecule has 2 bridgehead atoms. The average Bonchev–Trinajstić information content (AvgIpc) is 3.07. The molecule has 2 aromatic rings. The van der Waals surface area contributed by atoms with Crippen molar-refractivity contribution < 1.29 is 13.9 Å². The van der Waals surface area contributed by atoms with Crippen molar-refractivity contribution in [2.45, 2.75) is 25.4 Å². The predicted octanol–water partition coefficient (Wildman–Crippen LogP) is 3.16. The number of aryl methyl sites for hydroxylation is 1. The van der Waals surface area contributed by atoms with Gasteiger partial charge in [0.05, 0.1) is 6.54 Å². The Bertz CT molecular complexity index is 791. The highest BCUT2D eigenvalue weighted by Crippen LogP contribution is 2.43. The first-order chi connectivity index (χ1) is 11.1. The number of furan rings is 1. The fourth-order valence-corrected chi connectivity index (χ4v) is 4.54. The van der Waals surface area contributed by atoms with E-state index in [9.17, 15) is 4.79 Å². The van der Waals surface area contributed by atoms with Gasteiger partial charge in [0.2, 0.25) is 0 Å². The first-order valence-electron chi connectivity index (χ1n) is 8.36. The van der Waals surface area contributed by atoms with Crippen molar-refractivity contribution in [3.05, 3.63) is 30.0 Å². The number of nitrogens with zero attached hydrogens (tertiary/aromatic N) is 2. The van der Waals surface area contributed by atoms with Gasteiger partial charge in [0.1, 0.15) is 16.9 Å². The summed E-state index contributed by atoms with van der Waals surface area (Å²) in [6, 6.07) is 7.91. The van der Waals surface area contributed by atoms with Crippen LogP contribution < -0.4 is 4.90 Å². The van der Waals surface area contributed by atoms with E-state index in [1.807, 2.05) is 31.2 Å². The quantitative estimate of drug-likeness (QED) is 0.811. The summed E-state index contributed by atoms with van der Waals surface area (Å²) in [4.78, 5) is 16.8. The largest absolute Gasteiger partial charge is 0.461 e. The topological polar surface area (TPSA) is 45.9 Å². The molecule has 23 heavy (non-hydrogen) atoms. The monoisotopic (exact) mass is 312 g/mol. The molecule has 5 heteroatoms. The number of ether oxygens (including phenoxy) is 1. The standard InChI is InChI=1S/C18H20N2O3/c1-12-8-13-9-15(2-3-16(13)22-12)20-11-18(23-17(20)21)10-19-6-4-14(18)5-7-19/h2-3,8-9,14H,4-7,10-11H2,1H3/t18-/m1/s1. The van der Waals surface area contributed by atoms with Crippen molar-refractivity contribution in [1.82, 2.24) is 4.90 Å². The van der Waals surface area contributed by atoms with E-state index in [0.29, 0.717) is 12.5 Å². The lowest BCUT2D eigenvalue weighted by Gasteiger charge is -2.49. The Morgan fingerprint density at radius 3 is 2.74 bits per heavy atom. The van der Waals surface area contributed by atoms with Gasteiger partial charge in [-0.05, 0) is 57.1 Å². The summed E-state index contributed by atoms with van der Waals surface area (Å²) in [6.07, 6.45) is 2.07. The van der Waals surface area contributed by atoms with E-state index in [1.54, 1.807) is 4.90 Å². The minimum Gasteiger partial charge on any atom is -0.461 e. The molecule has 6 rings (SSSR count). The summed E-state index contributed by atoms with van der Waals surface area (Å²) in [6.45, 7) is 5.77. The summed E-state index contributed by atoms with van der Waals surface area (Å²) in [5.41, 5.74) is 1.45. The minimum atomic E-state index is -0.311. The van der Waals surface area contributed by atoms with Crippen LogP contribution >= 0.6 is 0 Å². The second-order valence-electron chi connectivity index (χ2n) is 7.15. The number of piperidine rings is 3. The third-order valence-corrected chi connectivity index (χ3v) is 5.69. The summed E-state index contributed by atoms with van der Waals surface area (Å²) in [7, 11) is 0. The number of benzene rings is 1. The van der Waals surface area contributed by atoms with Gasteiger partial charge in [-0.1, -0.05) is 0 Å². The van der Waals surface area contributed by atoms with Crippen molar-refractivity contribution >= 4 is 22.7 Å². The molecule has 0 radical (unpaired) electrons. The van der Waals surface area contributed by atoms with E-state index in [-0.39, 0.29) is 11.7 Å². The Morgan fingerprint density at radius 1 is 1.17 bits per heavy atom. The van der Waals surface area contributed by atoms with E-state index in [0.717, 1.165) is 54.9 Å². The van der Waals surface area contributed by atoms with Gasteiger partial charge >= 0.3 is 6.09 Å². The van der Waals surface area contributed by atoms with Gasteiger partial charge < -0.3 is 9.15 Å². The van der Waals surface area contributed by atoms with Crippen LogP contribution in [0.4, 0.5) is 10.5 Å². The third kappa shape index (κ3) is 1.92. The first kappa shape index (κ1) is 13.4. The number of carbonyl (C=O) groups excluding carboxylic acids is 1. The molecule has 0 saturated carbocycles. The molecule has 4 aliphatic heterocycles. The van der Waals surface area contributed by atoms with Crippen LogP contribution in [0.5, 0.6) is 0 Å². The Labute approximate surface area is 134 Å². The maximum absolute atomic E-state index is 12.5. The van der Waals surface area contributed by atoms with E-state index in [1.165, 1.54) is 0 Å². The molecular weight excluding hydrogens is 292 g/mol. The molecule has 1 spiro atoms. The second-order valence-corrected chi connectivity index (χ2v) is 7.15. The van der Waals surface area contributed by atoms with E-state index in [4.69, 9.17) is 9.15 Å². The van der Waals surface area contributed by atoms with Crippen LogP contribution in [0.2, 0.25) is 0 Å². The Morgan fingerprint density at radius 2 is 2.00 bits per heavy atom. The van der Waals surface area contributed by atoms with Crippen LogP contribution in [0.15, 0.2) is 28.7 Å². The fraction of sp³-hybridized carbons (Fsp3) is 0.500. The highest BCUT2D eigenvalue weighted by Gasteiger charge is 2.55. The summed E-state index contributed by atoms with van der Waals surface area (Å²) in [5.74, 6) is 1.39. The van der Waals surface area contributed by atoms with E-state index < -0.39 is 0 Å². The maximum atomic E-state index is 12.5. The molecule has 0 unspecified atom stereocenters. The van der Waals surface area contributed by atoms with Crippen molar-refractivity contribution in [1.29, 1.82) is 0 Å². The highest BCUT2D eigenvalue weighted by molar-refractivity contribution is 5.93. The van der Waals surface area contributed by atoms with E-state index >= 15 is 0 Å². The first-order valence-corrected chi connectivity index (χ1v) is 8.36. The van der Waals surface area contributed by atoms with Crippen molar-refractivity contribution in [3.63, 3.8) is 0 Å². The maximum Gasteiger partial charge on any atom is 0.415 e. The number of fused-ring (bicyclic) bond motifs is 3. The van der Waals surface area contributed by atoms with Crippen LogP contribution in [0.3, 0.4) is 0 Å². The molecule has 5 nitrogen and oxygen atoms in total. The molecule has 1 aromatic heterocycles. The number of amides is 1. The van der Waals surface area contributed by atoms with Crippen LogP contribution in [-0.4, -0.2) is 42.8 Å². The summed E-state index contributed by atoms with van der Waals surface area (Å²) < 4.78 is 11.6. The molecule has 5 heterocycles. The number of hydrogen-bond donors (Lipinski definition) is 0. The number of hydrogen-bond acceptors (Lipinski definition) is 4. The summed E-state index contributed by atoms with van der Waals surface area (Å²) >= 11 is 0. The number of carbonyl (C=O) groups is 1. The van der Waals surface area contributed by atoms with Crippen LogP contribution in [0, 0.1) is 12.8 Å². The fourth-order valence-electron chi connectivity index (χ4n) is 4.54. The van der Waals surface area contributed by atoms with Crippen LogP contribution in [0.1, 0.15) is 18.6 Å². The van der Waals surface area contributed by atoms with Crippen molar-refractivity contribution in [2.75, 3.05) is 31.1 Å². The predicted molar refractivity (Wildman–Crippen MR) is 86.7 cm³/mol. The molecule has 1 atom stereocenters. The van der Waals surface area contributed by atoms with Crippen molar-refractivity contribution in [3.8, 4) is 0 Å². The van der Waals surface area contributed by atoms with Gasteiger partial charge in [-0.2, -0.15) is 0 Å². The van der Waals surface area contributed by atoms with Crippen molar-refractivity contribution in [2.24, 2.45) is 5.92 Å². The highest BCUT2D eigenvalue weighted by atomic mass is 16.6. The van der Waals surface area contributed by atoms with Gasteiger partial charge in [-0.3, -0.25) is 9.80 Å². The Kier molecular flexibility index (Phi) is 2.63. The lowest BCUT2D eigenvalue weighted by molar-refractivity contribution is -0.0881. The second kappa shape index (κ2) is 4.51. The van der Waals surface area contributed by atoms with Crippen LogP contribution in [0.25, 0.3) is 11.0 Å².